The number of amides is 3. The van der Waals surface area contributed by atoms with Crippen molar-refractivity contribution in [2.24, 2.45) is 5.73 Å². The number of nitrogens with one attached hydrogen (secondary N) is 2. The number of nitrogens with two attached hydrogens (primary N) is 1. The lowest BCUT2D eigenvalue weighted by molar-refractivity contribution is 0.0950. The summed E-state index contributed by atoms with van der Waals surface area (Å²) >= 11 is 0. The summed E-state index contributed by atoms with van der Waals surface area (Å²) in [7, 11) is 1.51. The molecule has 0 aliphatic heterocycles. The molecule has 0 atom stereocenters. The smallest absolute Gasteiger partial charge is 0.316 e. The highest BCUT2D eigenvalue weighted by Gasteiger charge is 2.11. The van der Waals surface area contributed by atoms with Gasteiger partial charge in [-0.2, -0.15) is 0 Å². The van der Waals surface area contributed by atoms with Gasteiger partial charge in [-0.05, 0) is 35.9 Å². The summed E-state index contributed by atoms with van der Waals surface area (Å²) in [6, 6.07) is 11.3. The molecule has 0 aliphatic rings. The number of urea groups is 1. The molecule has 0 radical (unpaired) electrons. The third-order valence-electron chi connectivity index (χ3n) is 3.46. The molecular weight excluding hydrogens is 334 g/mol. The molecule has 0 bridgehead atoms. The summed E-state index contributed by atoms with van der Waals surface area (Å²) in [5.41, 5.74) is 6.98. The Bertz CT molecular complexity index is 788. The van der Waals surface area contributed by atoms with Crippen LogP contribution in [0.2, 0.25) is 0 Å². The maximum atomic E-state index is 12.3. The Kier molecular flexibility index (Phi) is 6.61. The highest BCUT2D eigenvalue weighted by molar-refractivity contribution is 5.94. The summed E-state index contributed by atoms with van der Waals surface area (Å²) in [5, 5.41) is 5.30. The molecule has 0 heterocycles. The third kappa shape index (κ3) is 5.27. The Labute approximate surface area is 151 Å². The van der Waals surface area contributed by atoms with Gasteiger partial charge in [-0.15, -0.1) is 0 Å². The number of carbonyl (C=O) groups excluding carboxylic acids is 2. The summed E-state index contributed by atoms with van der Waals surface area (Å²) in [6.45, 7) is 4.28. The van der Waals surface area contributed by atoms with Gasteiger partial charge in [0.1, 0.15) is 6.61 Å². The van der Waals surface area contributed by atoms with E-state index in [1.165, 1.54) is 7.11 Å². The van der Waals surface area contributed by atoms with Crippen LogP contribution in [0, 0.1) is 0 Å². The van der Waals surface area contributed by atoms with Crippen molar-refractivity contribution >= 4 is 17.6 Å². The van der Waals surface area contributed by atoms with Gasteiger partial charge in [-0.25, -0.2) is 4.79 Å². The minimum atomic E-state index is -0.625. The van der Waals surface area contributed by atoms with Gasteiger partial charge in [0.25, 0.3) is 5.91 Å². The van der Waals surface area contributed by atoms with E-state index in [0.717, 1.165) is 5.56 Å². The number of hydrogen-bond donors (Lipinski definition) is 3. The molecule has 0 unspecified atom stereocenters. The van der Waals surface area contributed by atoms with Crippen molar-refractivity contribution < 1.29 is 19.1 Å². The second-order valence-electron chi connectivity index (χ2n) is 5.33. The average molecular weight is 355 g/mol. The molecule has 2 aromatic rings. The maximum Gasteiger partial charge on any atom is 0.316 e. The first-order valence-electron chi connectivity index (χ1n) is 7.89. The number of hydrogen-bond acceptors (Lipinski definition) is 4. The molecule has 0 aliphatic carbocycles. The molecule has 4 N–H and O–H groups in total. The fourth-order valence-electron chi connectivity index (χ4n) is 2.21. The lowest BCUT2D eigenvalue weighted by Crippen LogP contribution is -2.23. The van der Waals surface area contributed by atoms with E-state index in [2.05, 4.69) is 17.2 Å². The molecule has 0 fully saturated rings. The summed E-state index contributed by atoms with van der Waals surface area (Å²) < 4.78 is 10.7. The van der Waals surface area contributed by atoms with Gasteiger partial charge in [0.2, 0.25) is 0 Å². The van der Waals surface area contributed by atoms with Crippen LogP contribution >= 0.6 is 0 Å². The Hall–Kier alpha value is -3.48. The maximum absolute atomic E-state index is 12.3. The van der Waals surface area contributed by atoms with Crippen molar-refractivity contribution in [2.45, 2.75) is 6.54 Å². The zero-order chi connectivity index (χ0) is 18.9. The highest BCUT2D eigenvalue weighted by atomic mass is 16.5. The van der Waals surface area contributed by atoms with Gasteiger partial charge in [-0.1, -0.05) is 24.8 Å². The normalized spacial score (nSPS) is 9.88. The van der Waals surface area contributed by atoms with Crippen LogP contribution in [0.15, 0.2) is 55.1 Å². The second-order valence-corrected chi connectivity index (χ2v) is 5.33. The first-order chi connectivity index (χ1) is 12.5. The van der Waals surface area contributed by atoms with Crippen molar-refractivity contribution in [3.63, 3.8) is 0 Å². The SMILES string of the molecule is C=CCOc1ccc(C(=O)NCc2ccc(NC(N)=O)cc2)cc1OC. The van der Waals surface area contributed by atoms with Crippen molar-refractivity contribution in [2.75, 3.05) is 19.0 Å². The molecular formula is C19H21N3O4. The molecule has 2 rings (SSSR count). The highest BCUT2D eigenvalue weighted by Crippen LogP contribution is 2.28. The van der Waals surface area contributed by atoms with Crippen molar-refractivity contribution in [1.29, 1.82) is 0 Å². The predicted molar refractivity (Wildman–Crippen MR) is 99.5 cm³/mol. The van der Waals surface area contributed by atoms with E-state index in [0.29, 0.717) is 35.9 Å². The molecule has 0 spiro atoms. The molecule has 0 saturated carbocycles. The Morgan fingerprint density at radius 1 is 1.15 bits per heavy atom. The quantitative estimate of drug-likeness (QED) is 0.634. The minimum Gasteiger partial charge on any atom is -0.493 e. The molecule has 3 amide bonds. The van der Waals surface area contributed by atoms with Gasteiger partial charge < -0.3 is 25.8 Å². The molecule has 2 aromatic carbocycles. The third-order valence-corrected chi connectivity index (χ3v) is 3.46. The Morgan fingerprint density at radius 2 is 1.88 bits per heavy atom. The molecule has 136 valence electrons. The Morgan fingerprint density at radius 3 is 2.50 bits per heavy atom. The number of ether oxygens (including phenoxy) is 2. The summed E-state index contributed by atoms with van der Waals surface area (Å²) in [4.78, 5) is 23.1. The zero-order valence-electron chi connectivity index (χ0n) is 14.5. The van der Waals surface area contributed by atoms with E-state index >= 15 is 0 Å². The van der Waals surface area contributed by atoms with Crippen LogP contribution in [-0.4, -0.2) is 25.7 Å². The summed E-state index contributed by atoms with van der Waals surface area (Å²) in [6.07, 6.45) is 1.63. The van der Waals surface area contributed by atoms with E-state index in [-0.39, 0.29) is 5.91 Å². The van der Waals surface area contributed by atoms with Crippen LogP contribution < -0.4 is 25.8 Å². The van der Waals surface area contributed by atoms with E-state index in [1.54, 1.807) is 48.5 Å². The number of anilines is 1. The van der Waals surface area contributed by atoms with E-state index in [9.17, 15) is 9.59 Å². The fourth-order valence-corrected chi connectivity index (χ4v) is 2.21. The summed E-state index contributed by atoms with van der Waals surface area (Å²) in [5.74, 6) is 0.778. The fraction of sp³-hybridized carbons (Fsp3) is 0.158. The first kappa shape index (κ1) is 18.9. The zero-order valence-corrected chi connectivity index (χ0v) is 14.5. The molecule has 0 saturated heterocycles. The number of primary amides is 1. The van der Waals surface area contributed by atoms with Gasteiger partial charge in [0, 0.05) is 17.8 Å². The van der Waals surface area contributed by atoms with Crippen LogP contribution in [0.4, 0.5) is 10.5 Å². The van der Waals surface area contributed by atoms with E-state index < -0.39 is 6.03 Å². The predicted octanol–water partition coefficient (Wildman–Crippen LogP) is 2.68. The minimum absolute atomic E-state index is 0.238. The van der Waals surface area contributed by atoms with Gasteiger partial charge in [0.05, 0.1) is 7.11 Å². The van der Waals surface area contributed by atoms with Crippen molar-refractivity contribution in [3.8, 4) is 11.5 Å². The Balaban J connectivity index is 1.98. The second kappa shape index (κ2) is 9.12. The van der Waals surface area contributed by atoms with E-state index in [4.69, 9.17) is 15.2 Å². The van der Waals surface area contributed by atoms with Crippen LogP contribution in [0.5, 0.6) is 11.5 Å². The lowest BCUT2D eigenvalue weighted by Gasteiger charge is -2.11. The number of carbonyl (C=O) groups is 2. The molecule has 26 heavy (non-hydrogen) atoms. The van der Waals surface area contributed by atoms with Crippen LogP contribution in [-0.2, 0) is 6.54 Å². The largest absolute Gasteiger partial charge is 0.493 e. The van der Waals surface area contributed by atoms with Crippen molar-refractivity contribution in [1.82, 2.24) is 5.32 Å². The van der Waals surface area contributed by atoms with Crippen LogP contribution in [0.3, 0.4) is 0 Å². The first-order valence-corrected chi connectivity index (χ1v) is 7.89. The topological polar surface area (TPSA) is 103 Å². The van der Waals surface area contributed by atoms with Gasteiger partial charge in [-0.3, -0.25) is 4.79 Å². The molecule has 0 aromatic heterocycles. The standard InChI is InChI=1S/C19H21N3O4/c1-3-10-26-16-9-6-14(11-17(16)25-2)18(23)21-12-13-4-7-15(8-5-13)22-19(20)24/h3-9,11H,1,10,12H2,2H3,(H,21,23)(H3,20,22,24). The monoisotopic (exact) mass is 355 g/mol. The number of methoxy groups -OCH3 is 1. The van der Waals surface area contributed by atoms with E-state index in [1.807, 2.05) is 0 Å². The van der Waals surface area contributed by atoms with Gasteiger partial charge in [0.15, 0.2) is 11.5 Å². The van der Waals surface area contributed by atoms with Crippen LogP contribution in [0.25, 0.3) is 0 Å². The number of rotatable bonds is 8. The number of benzene rings is 2. The molecule has 7 nitrogen and oxygen atoms in total. The lowest BCUT2D eigenvalue weighted by atomic mass is 10.1. The van der Waals surface area contributed by atoms with Crippen molar-refractivity contribution in [3.05, 3.63) is 66.2 Å². The average Bonchev–Trinajstić information content (AvgIpc) is 2.65. The van der Waals surface area contributed by atoms with Gasteiger partial charge >= 0.3 is 6.03 Å². The molecule has 7 heteroatoms. The van der Waals surface area contributed by atoms with Crippen LogP contribution in [0.1, 0.15) is 15.9 Å².